The molecule has 0 amide bonds. The third-order valence-electron chi connectivity index (χ3n) is 3.51. The fourth-order valence-corrected chi connectivity index (χ4v) is 4.15. The maximum atomic E-state index is 6.23. The Balaban J connectivity index is 1.71. The fraction of sp³-hybridized carbons (Fsp3) is 0.125. The van der Waals surface area contributed by atoms with Crippen LogP contribution in [0.2, 0.25) is 10.0 Å². The van der Waals surface area contributed by atoms with Crippen molar-refractivity contribution in [3.05, 3.63) is 57.4 Å². The van der Waals surface area contributed by atoms with Gasteiger partial charge in [-0.15, -0.1) is 11.3 Å². The molecule has 0 spiro atoms. The van der Waals surface area contributed by atoms with Gasteiger partial charge in [0.2, 0.25) is 0 Å². The normalized spacial score (nSPS) is 17.1. The van der Waals surface area contributed by atoms with Crippen molar-refractivity contribution in [2.75, 3.05) is 11.9 Å². The maximum Gasteiger partial charge on any atom is 0.162 e. The molecule has 2 aromatic carbocycles. The van der Waals surface area contributed by atoms with Gasteiger partial charge in [0.1, 0.15) is 0 Å². The molecular formula is C16H11Cl2NOS. The average molecular weight is 336 g/mol. The Morgan fingerprint density at radius 1 is 1.14 bits per heavy atom. The highest BCUT2D eigenvalue weighted by Crippen LogP contribution is 2.43. The molecule has 1 N–H and O–H groups in total. The van der Waals surface area contributed by atoms with E-state index in [9.17, 15) is 0 Å². The van der Waals surface area contributed by atoms with Crippen molar-refractivity contribution in [1.82, 2.24) is 0 Å². The molecule has 1 aliphatic heterocycles. The lowest BCUT2D eigenvalue weighted by atomic mass is 10.2. The number of thiophene rings is 1. The number of fused-ring (bicyclic) bond motifs is 2. The summed E-state index contributed by atoms with van der Waals surface area (Å²) in [5.74, 6) is 0.676. The van der Waals surface area contributed by atoms with Gasteiger partial charge in [0.15, 0.2) is 11.9 Å². The lowest BCUT2D eigenvalue weighted by molar-refractivity contribution is 0.214. The summed E-state index contributed by atoms with van der Waals surface area (Å²) >= 11 is 14.0. The molecule has 0 bridgehead atoms. The first-order chi connectivity index (χ1) is 10.2. The van der Waals surface area contributed by atoms with Gasteiger partial charge in [-0.3, -0.25) is 0 Å². The number of nitrogens with one attached hydrogen (secondary N) is 1. The van der Waals surface area contributed by atoms with E-state index in [1.165, 1.54) is 15.0 Å². The molecule has 21 heavy (non-hydrogen) atoms. The summed E-state index contributed by atoms with van der Waals surface area (Å²) in [5, 5.41) is 5.74. The van der Waals surface area contributed by atoms with Crippen LogP contribution in [0.25, 0.3) is 10.1 Å². The van der Waals surface area contributed by atoms with Crippen molar-refractivity contribution in [3.63, 3.8) is 0 Å². The molecule has 2 heterocycles. The highest BCUT2D eigenvalue weighted by atomic mass is 35.5. The summed E-state index contributed by atoms with van der Waals surface area (Å²) in [6, 6.07) is 14.1. The number of rotatable bonds is 1. The lowest BCUT2D eigenvalue weighted by Gasteiger charge is -2.27. The van der Waals surface area contributed by atoms with Crippen LogP contribution >= 0.6 is 34.5 Å². The molecule has 2 nitrogen and oxygen atoms in total. The van der Waals surface area contributed by atoms with E-state index in [2.05, 4.69) is 29.6 Å². The number of ether oxygens (including phenoxy) is 1. The van der Waals surface area contributed by atoms with Crippen LogP contribution in [0.3, 0.4) is 0 Å². The summed E-state index contributed by atoms with van der Waals surface area (Å²) in [6.07, 6.45) is -0.0337. The van der Waals surface area contributed by atoms with Crippen LogP contribution in [0, 0.1) is 0 Å². The minimum Gasteiger partial charge on any atom is -0.479 e. The van der Waals surface area contributed by atoms with Gasteiger partial charge in [0, 0.05) is 14.6 Å². The second-order valence-electron chi connectivity index (χ2n) is 4.94. The van der Waals surface area contributed by atoms with E-state index in [-0.39, 0.29) is 6.10 Å². The Morgan fingerprint density at radius 2 is 2.00 bits per heavy atom. The molecule has 1 aliphatic rings. The zero-order chi connectivity index (χ0) is 14.4. The van der Waals surface area contributed by atoms with E-state index in [1.54, 1.807) is 17.4 Å². The minimum atomic E-state index is -0.0337. The first kappa shape index (κ1) is 13.3. The zero-order valence-electron chi connectivity index (χ0n) is 10.9. The molecule has 0 fully saturated rings. The van der Waals surface area contributed by atoms with Crippen LogP contribution in [0.5, 0.6) is 5.75 Å². The van der Waals surface area contributed by atoms with E-state index >= 15 is 0 Å². The molecule has 1 aromatic heterocycles. The highest BCUT2D eigenvalue weighted by Gasteiger charge is 2.25. The van der Waals surface area contributed by atoms with Crippen LogP contribution < -0.4 is 10.1 Å². The second-order valence-corrected chi connectivity index (χ2v) is 6.90. The van der Waals surface area contributed by atoms with Gasteiger partial charge < -0.3 is 10.1 Å². The smallest absolute Gasteiger partial charge is 0.162 e. The monoisotopic (exact) mass is 335 g/mol. The molecule has 1 atom stereocenters. The summed E-state index contributed by atoms with van der Waals surface area (Å²) in [4.78, 5) is 1.19. The van der Waals surface area contributed by atoms with E-state index in [0.29, 0.717) is 22.3 Å². The second kappa shape index (κ2) is 5.09. The van der Waals surface area contributed by atoms with E-state index in [1.807, 2.05) is 12.1 Å². The van der Waals surface area contributed by atoms with E-state index in [4.69, 9.17) is 27.9 Å². The van der Waals surface area contributed by atoms with Gasteiger partial charge in [-0.05, 0) is 29.7 Å². The van der Waals surface area contributed by atoms with Crippen molar-refractivity contribution in [2.45, 2.75) is 6.10 Å². The maximum absolute atomic E-state index is 6.23. The first-order valence-electron chi connectivity index (χ1n) is 6.59. The van der Waals surface area contributed by atoms with Crippen molar-refractivity contribution >= 4 is 50.3 Å². The molecule has 0 aliphatic carbocycles. The Kier molecular flexibility index (Phi) is 3.21. The van der Waals surface area contributed by atoms with Crippen molar-refractivity contribution in [3.8, 4) is 5.75 Å². The first-order valence-corrected chi connectivity index (χ1v) is 8.16. The van der Waals surface area contributed by atoms with Gasteiger partial charge in [0.05, 0.1) is 17.3 Å². The number of hydrogen-bond acceptors (Lipinski definition) is 3. The molecule has 106 valence electrons. The number of halogens is 2. The van der Waals surface area contributed by atoms with Gasteiger partial charge >= 0.3 is 0 Å². The van der Waals surface area contributed by atoms with Crippen LogP contribution in [-0.4, -0.2) is 6.54 Å². The predicted octanol–water partition coefficient (Wildman–Crippen LogP) is 5.75. The Labute approximate surface area is 136 Å². The third kappa shape index (κ3) is 2.35. The summed E-state index contributed by atoms with van der Waals surface area (Å²) in [5.41, 5.74) is 0.852. The average Bonchev–Trinajstić information content (AvgIpc) is 2.90. The largest absolute Gasteiger partial charge is 0.479 e. The van der Waals surface area contributed by atoms with E-state index < -0.39 is 0 Å². The fourth-order valence-electron chi connectivity index (χ4n) is 2.52. The van der Waals surface area contributed by atoms with Crippen molar-refractivity contribution in [1.29, 1.82) is 0 Å². The molecule has 4 rings (SSSR count). The Hall–Kier alpha value is -1.42. The number of hydrogen-bond donors (Lipinski definition) is 1. The van der Waals surface area contributed by atoms with Crippen molar-refractivity contribution in [2.24, 2.45) is 0 Å². The standard InChI is InChI=1S/C16H11Cl2NOS/c17-10-6-11(18)16-12(7-10)19-8-13(20-16)15-5-9-3-1-2-4-14(9)21-15/h1-7,13,19H,8H2. The summed E-state index contributed by atoms with van der Waals surface area (Å²) < 4.78 is 7.36. The summed E-state index contributed by atoms with van der Waals surface area (Å²) in [6.45, 7) is 0.705. The SMILES string of the molecule is Clc1cc(Cl)c2c(c1)NCC(c1cc3ccccc3s1)O2. The predicted molar refractivity (Wildman–Crippen MR) is 90.1 cm³/mol. The van der Waals surface area contributed by atoms with Gasteiger partial charge in [0.25, 0.3) is 0 Å². The van der Waals surface area contributed by atoms with Crippen LogP contribution in [0.15, 0.2) is 42.5 Å². The number of anilines is 1. The van der Waals surface area contributed by atoms with Gasteiger partial charge in [-0.25, -0.2) is 0 Å². The zero-order valence-corrected chi connectivity index (χ0v) is 13.2. The van der Waals surface area contributed by atoms with Crippen LogP contribution in [0.1, 0.15) is 11.0 Å². The topological polar surface area (TPSA) is 21.3 Å². The summed E-state index contributed by atoms with van der Waals surface area (Å²) in [7, 11) is 0. The lowest BCUT2D eigenvalue weighted by Crippen LogP contribution is -2.23. The Bertz CT molecular complexity index is 797. The molecule has 0 saturated heterocycles. The molecule has 3 aromatic rings. The molecule has 0 saturated carbocycles. The van der Waals surface area contributed by atoms with Crippen LogP contribution in [-0.2, 0) is 0 Å². The molecule has 0 radical (unpaired) electrons. The van der Waals surface area contributed by atoms with Gasteiger partial charge in [-0.2, -0.15) is 0 Å². The Morgan fingerprint density at radius 3 is 2.86 bits per heavy atom. The molecule has 5 heteroatoms. The molecule has 1 unspecified atom stereocenters. The molecular weight excluding hydrogens is 325 g/mol. The van der Waals surface area contributed by atoms with Crippen LogP contribution in [0.4, 0.5) is 5.69 Å². The quantitative estimate of drug-likeness (QED) is 0.610. The highest BCUT2D eigenvalue weighted by molar-refractivity contribution is 7.19. The van der Waals surface area contributed by atoms with Gasteiger partial charge in [-0.1, -0.05) is 41.4 Å². The van der Waals surface area contributed by atoms with E-state index in [0.717, 1.165) is 5.69 Å². The minimum absolute atomic E-state index is 0.0337. The third-order valence-corrected chi connectivity index (χ3v) is 5.22. The number of benzene rings is 2. The van der Waals surface area contributed by atoms with Crippen molar-refractivity contribution < 1.29 is 4.74 Å².